The molecule has 0 heterocycles. The third-order valence-corrected chi connectivity index (χ3v) is 29.7. The van der Waals surface area contributed by atoms with Crippen molar-refractivity contribution in [3.8, 4) is 34.5 Å². The molecule has 146 heavy (non-hydrogen) atoms. The van der Waals surface area contributed by atoms with Crippen LogP contribution in [0, 0.1) is 0 Å². The Labute approximate surface area is 901 Å². The fourth-order valence-electron chi connectivity index (χ4n) is 20.1. The summed E-state index contributed by atoms with van der Waals surface area (Å²) in [7, 11) is 0. The van der Waals surface area contributed by atoms with Gasteiger partial charge in [-0.05, 0) is 62.8 Å². The van der Waals surface area contributed by atoms with Gasteiger partial charge >= 0.3 is 23.9 Å². The molecule has 854 valence electrons. The summed E-state index contributed by atoms with van der Waals surface area (Å²) in [6, 6.07) is 6.72. The van der Waals surface area contributed by atoms with E-state index in [1.54, 1.807) is 24.3 Å². The highest BCUT2D eigenvalue weighted by Crippen LogP contribution is 2.42. The largest absolute Gasteiger partial charge is 0.490 e. The molecule has 0 aliphatic carbocycles. The zero-order valence-electron chi connectivity index (χ0n) is 97.2. The minimum atomic E-state index is -0.749. The molecule has 0 fully saturated rings. The van der Waals surface area contributed by atoms with Gasteiger partial charge in [0.2, 0.25) is 11.5 Å². The van der Waals surface area contributed by atoms with Crippen LogP contribution in [-0.2, 0) is 38.6 Å². The molecule has 0 saturated heterocycles. The summed E-state index contributed by atoms with van der Waals surface area (Å²) in [5, 5.41) is 0. The first kappa shape index (κ1) is 137. The monoisotopic (exact) mass is 2060 g/mol. The maximum atomic E-state index is 14.0. The summed E-state index contributed by atoms with van der Waals surface area (Å²) >= 11 is 0. The molecule has 0 radical (unpaired) electrons. The van der Waals surface area contributed by atoms with Gasteiger partial charge in [-0.15, -0.1) is 0 Å². The molecule has 2 aromatic rings. The van der Waals surface area contributed by atoms with Crippen molar-refractivity contribution in [2.45, 2.75) is 671 Å². The Bertz CT molecular complexity index is 2750. The van der Waals surface area contributed by atoms with Crippen molar-refractivity contribution in [2.75, 3.05) is 66.1 Å². The molecule has 0 amide bonds. The second-order valence-corrected chi connectivity index (χ2v) is 43.8. The molecule has 0 aliphatic rings. The number of benzene rings is 2. The van der Waals surface area contributed by atoms with Crippen molar-refractivity contribution in [3.63, 3.8) is 0 Å². The topological polar surface area (TPSA) is 179 Å². The lowest BCUT2D eigenvalue weighted by Gasteiger charge is -2.18. The highest BCUT2D eigenvalue weighted by Gasteiger charge is 2.24. The van der Waals surface area contributed by atoms with Crippen LogP contribution in [-0.4, -0.2) is 89.9 Å². The Balaban J connectivity index is 2.16. The minimum Gasteiger partial charge on any atom is -0.490 e. The van der Waals surface area contributed by atoms with E-state index < -0.39 is 23.9 Å². The summed E-state index contributed by atoms with van der Waals surface area (Å²) in [6.07, 6.45) is 123. The van der Waals surface area contributed by atoms with E-state index in [1.807, 2.05) is 0 Å². The zero-order chi connectivity index (χ0) is 105. The molecule has 0 spiro atoms. The van der Waals surface area contributed by atoms with E-state index in [4.69, 9.17) is 57.4 Å². The third kappa shape index (κ3) is 91.6. The number of esters is 2. The lowest BCUT2D eigenvalue weighted by Crippen LogP contribution is -2.16. The lowest BCUT2D eigenvalue weighted by molar-refractivity contribution is -0.247. The zero-order valence-corrected chi connectivity index (χ0v) is 97.2. The Morgan fingerprint density at radius 1 is 0.158 bits per heavy atom. The summed E-state index contributed by atoms with van der Waals surface area (Å²) in [5.41, 5.74) is 0.386. The molecular weight excluding hydrogens is 1820 g/mol. The first-order chi connectivity index (χ1) is 72.2. The smallest absolute Gasteiger partial charge is 0.373 e. The number of carbonyl (C=O) groups excluding carboxylic acids is 4. The van der Waals surface area contributed by atoms with Crippen LogP contribution in [0.3, 0.4) is 0 Å². The molecule has 2 aromatic carbocycles. The van der Waals surface area contributed by atoms with Crippen LogP contribution in [0.2, 0.25) is 0 Å². The van der Waals surface area contributed by atoms with Gasteiger partial charge in [0.05, 0.1) is 63.6 Å². The van der Waals surface area contributed by atoms with Crippen LogP contribution in [0.15, 0.2) is 24.3 Å². The van der Waals surface area contributed by atoms with E-state index in [0.29, 0.717) is 74.1 Å². The fourth-order valence-corrected chi connectivity index (χ4v) is 20.1. The third-order valence-electron chi connectivity index (χ3n) is 29.7. The molecule has 0 aliphatic heterocycles. The van der Waals surface area contributed by atoms with E-state index in [-0.39, 0.29) is 50.4 Å². The SMILES string of the molecule is CCCCCCCCCCCCCCCCCCOc1cc(C(=O)OOCCOC(=O)CCC(=O)OCCOOC(=O)c2cc(OCCCCCCCCCCCCCCCCCC)c(OCCCCCCCCCCCCCCCCCC)c(OCCCCCCCCCCCCCCCCCC)c2)cc(OCCCCCCCCCCCCCCCCCC)c1OCCCCCCCCCCCCCCCCCC. The molecule has 0 bridgehead atoms. The predicted octanol–water partition coefficient (Wildman–Crippen LogP) is 42.3. The van der Waals surface area contributed by atoms with Crippen molar-refractivity contribution in [3.05, 3.63) is 35.4 Å². The van der Waals surface area contributed by atoms with Crippen molar-refractivity contribution < 1.29 is 76.6 Å². The van der Waals surface area contributed by atoms with E-state index in [0.717, 1.165) is 103 Å². The van der Waals surface area contributed by atoms with Gasteiger partial charge in [0.15, 0.2) is 23.0 Å². The van der Waals surface area contributed by atoms with Crippen molar-refractivity contribution >= 4 is 23.9 Å². The molecular formula is C130H238O16. The Morgan fingerprint density at radius 3 is 0.432 bits per heavy atom. The van der Waals surface area contributed by atoms with Gasteiger partial charge in [0, 0.05) is 0 Å². The van der Waals surface area contributed by atoms with Crippen LogP contribution >= 0.6 is 0 Å². The number of carbonyl (C=O) groups is 4. The fraction of sp³-hybridized carbons (Fsp3) is 0.877. The van der Waals surface area contributed by atoms with Crippen LogP contribution in [0.25, 0.3) is 0 Å². The number of unbranched alkanes of at least 4 members (excludes halogenated alkanes) is 90. The van der Waals surface area contributed by atoms with E-state index in [9.17, 15) is 19.2 Å². The molecule has 16 heteroatoms. The average Bonchev–Trinajstić information content (AvgIpc) is 0.817. The first-order valence-electron chi connectivity index (χ1n) is 64.3. The van der Waals surface area contributed by atoms with Crippen molar-refractivity contribution in [1.82, 2.24) is 0 Å². The quantitative estimate of drug-likeness (QED) is 0.0264. The molecule has 0 atom stereocenters. The first-order valence-corrected chi connectivity index (χ1v) is 64.3. The molecule has 16 nitrogen and oxygen atoms in total. The van der Waals surface area contributed by atoms with Crippen LogP contribution < -0.4 is 28.4 Å². The highest BCUT2D eigenvalue weighted by atomic mass is 17.2. The minimum absolute atomic E-state index is 0.193. The summed E-state index contributed by atoms with van der Waals surface area (Å²) in [5.74, 6) is 0.0184. The maximum absolute atomic E-state index is 14.0. The second kappa shape index (κ2) is 113. The summed E-state index contributed by atoms with van der Waals surface area (Å²) in [6.45, 7) is 15.7. The normalized spacial score (nSPS) is 11.5. The lowest BCUT2D eigenvalue weighted by atomic mass is 10.0. The van der Waals surface area contributed by atoms with E-state index in [2.05, 4.69) is 41.5 Å². The van der Waals surface area contributed by atoms with E-state index >= 15 is 0 Å². The maximum Gasteiger partial charge on any atom is 0.373 e. The van der Waals surface area contributed by atoms with Crippen LogP contribution in [0.1, 0.15) is 691 Å². The Kier molecular flexibility index (Phi) is 106. The van der Waals surface area contributed by atoms with Gasteiger partial charge in [-0.2, -0.15) is 9.78 Å². The number of rotatable bonds is 121. The predicted molar refractivity (Wildman–Crippen MR) is 617 cm³/mol. The highest BCUT2D eigenvalue weighted by molar-refractivity contribution is 5.91. The summed E-state index contributed by atoms with van der Waals surface area (Å²) in [4.78, 5) is 75.6. The molecule has 0 saturated carbocycles. The van der Waals surface area contributed by atoms with Gasteiger partial charge < -0.3 is 37.9 Å². The van der Waals surface area contributed by atoms with Gasteiger partial charge in [-0.3, -0.25) is 19.4 Å². The van der Waals surface area contributed by atoms with E-state index in [1.165, 1.54) is 514 Å². The number of hydrogen-bond acceptors (Lipinski definition) is 16. The van der Waals surface area contributed by atoms with Gasteiger partial charge in [-0.25, -0.2) is 9.59 Å². The van der Waals surface area contributed by atoms with Crippen LogP contribution in [0.4, 0.5) is 0 Å². The Morgan fingerprint density at radius 2 is 0.288 bits per heavy atom. The van der Waals surface area contributed by atoms with Crippen LogP contribution in [0.5, 0.6) is 34.5 Å². The van der Waals surface area contributed by atoms with Gasteiger partial charge in [0.25, 0.3) is 0 Å². The standard InChI is InChI=1S/C130H238O16/c1-7-13-19-25-31-37-43-49-55-61-67-73-79-85-91-97-105-135-121-115-119(116-122(136-106-98-92-86-80-74-68-62-56-50-44-38-32-26-20-14-8-2)127(121)141-109-101-95-89-83-77-71-65-59-53-47-41-35-29-23-17-11-5)129(133)145-143-113-111-139-125(131)103-104-126(132)140-112-114-144-146-130(134)120-117-123(137-107-99-93-87-81-75-69-63-57-51-45-39-33-27-21-15-9-3)128(142-110-102-96-90-84-78-72-66-60-54-48-42-36-30-24-18-12-6)124(118-120)138-108-100-94-88-82-76-70-64-58-52-46-40-34-28-22-16-10-4/h115-118H,7-114H2,1-6H3. The van der Waals surface area contributed by atoms with Gasteiger partial charge in [0.1, 0.15) is 26.4 Å². The molecule has 2 rings (SSSR count). The molecule has 0 aromatic heterocycles. The summed E-state index contributed by atoms with van der Waals surface area (Å²) < 4.78 is 50.6. The number of hydrogen-bond donors (Lipinski definition) is 0. The molecule has 0 N–H and O–H groups in total. The van der Waals surface area contributed by atoms with Gasteiger partial charge in [-0.1, -0.05) is 619 Å². The average molecular weight is 2060 g/mol. The second-order valence-electron chi connectivity index (χ2n) is 43.8. The van der Waals surface area contributed by atoms with Crippen molar-refractivity contribution in [2.24, 2.45) is 0 Å². The number of ether oxygens (including phenoxy) is 8. The molecule has 0 unspecified atom stereocenters. The van der Waals surface area contributed by atoms with Crippen molar-refractivity contribution in [1.29, 1.82) is 0 Å². The Hall–Kier alpha value is -4.96.